The molecule has 0 amide bonds. The van der Waals surface area contributed by atoms with Crippen molar-refractivity contribution in [3.05, 3.63) is 11.6 Å². The molecule has 0 aliphatic heterocycles. The van der Waals surface area contributed by atoms with E-state index in [2.05, 4.69) is 6.08 Å². The summed E-state index contributed by atoms with van der Waals surface area (Å²) in [5, 5.41) is 18.0. The number of aliphatic hydroxyl groups excluding tert-OH is 2. The Kier molecular flexibility index (Phi) is 3.60. The van der Waals surface area contributed by atoms with Gasteiger partial charge < -0.3 is 10.2 Å². The third-order valence-electron chi connectivity index (χ3n) is 2.14. The largest absolute Gasteiger partial charge is 0.396 e. The molecular weight excluding hydrogens is 140 g/mol. The van der Waals surface area contributed by atoms with Crippen LogP contribution in [0.2, 0.25) is 0 Å². The molecule has 1 aliphatic rings. The highest BCUT2D eigenvalue weighted by atomic mass is 16.3. The molecule has 0 radical (unpaired) electrons. The lowest BCUT2D eigenvalue weighted by Crippen LogP contribution is -2.13. The van der Waals surface area contributed by atoms with Crippen LogP contribution < -0.4 is 0 Å². The molecule has 1 atom stereocenters. The zero-order valence-electron chi connectivity index (χ0n) is 6.79. The van der Waals surface area contributed by atoms with E-state index in [4.69, 9.17) is 5.11 Å². The maximum atomic E-state index is 9.45. The molecule has 2 nitrogen and oxygen atoms in total. The lowest BCUT2D eigenvalue weighted by molar-refractivity contribution is 0.184. The third kappa shape index (κ3) is 2.64. The minimum atomic E-state index is -0.227. The number of hydrogen-bond donors (Lipinski definition) is 2. The molecule has 0 aromatic rings. The van der Waals surface area contributed by atoms with Gasteiger partial charge in [0, 0.05) is 6.61 Å². The van der Waals surface area contributed by atoms with E-state index in [9.17, 15) is 5.11 Å². The SMILES string of the molecule is OCCCC1=CCCC[C@@H]1O. The van der Waals surface area contributed by atoms with E-state index in [1.54, 1.807) is 0 Å². The first kappa shape index (κ1) is 8.75. The Labute approximate surface area is 67.6 Å². The molecule has 0 heterocycles. The molecule has 0 saturated carbocycles. The normalized spacial score (nSPS) is 24.9. The van der Waals surface area contributed by atoms with E-state index in [0.29, 0.717) is 0 Å². The van der Waals surface area contributed by atoms with Gasteiger partial charge in [0.1, 0.15) is 0 Å². The molecule has 0 bridgehead atoms. The molecule has 0 saturated heterocycles. The fourth-order valence-corrected chi connectivity index (χ4v) is 1.47. The second-order valence-corrected chi connectivity index (χ2v) is 3.05. The van der Waals surface area contributed by atoms with E-state index in [1.807, 2.05) is 0 Å². The molecule has 0 spiro atoms. The maximum absolute atomic E-state index is 9.45. The molecule has 2 heteroatoms. The van der Waals surface area contributed by atoms with Crippen molar-refractivity contribution in [3.8, 4) is 0 Å². The number of allylic oxidation sites excluding steroid dienone is 1. The van der Waals surface area contributed by atoms with Gasteiger partial charge in [0.2, 0.25) is 0 Å². The van der Waals surface area contributed by atoms with Crippen LogP contribution in [0.3, 0.4) is 0 Å². The van der Waals surface area contributed by atoms with Crippen molar-refractivity contribution in [1.29, 1.82) is 0 Å². The Morgan fingerprint density at radius 3 is 3.00 bits per heavy atom. The second kappa shape index (κ2) is 4.52. The van der Waals surface area contributed by atoms with Crippen molar-refractivity contribution in [3.63, 3.8) is 0 Å². The van der Waals surface area contributed by atoms with Gasteiger partial charge in [-0.3, -0.25) is 0 Å². The zero-order valence-corrected chi connectivity index (χ0v) is 6.79. The van der Waals surface area contributed by atoms with Gasteiger partial charge in [-0.1, -0.05) is 6.08 Å². The average Bonchev–Trinajstić information content (AvgIpc) is 2.03. The summed E-state index contributed by atoms with van der Waals surface area (Å²) in [6.07, 6.45) is 6.62. The van der Waals surface area contributed by atoms with Crippen molar-refractivity contribution >= 4 is 0 Å². The van der Waals surface area contributed by atoms with E-state index < -0.39 is 0 Å². The molecule has 11 heavy (non-hydrogen) atoms. The standard InChI is InChI=1S/C9H16O2/c10-7-3-5-8-4-1-2-6-9(8)11/h4,9-11H,1-3,5-7H2/t9-/m0/s1. The Morgan fingerprint density at radius 2 is 2.36 bits per heavy atom. The number of hydrogen-bond acceptors (Lipinski definition) is 2. The molecule has 0 aromatic carbocycles. The smallest absolute Gasteiger partial charge is 0.0750 e. The van der Waals surface area contributed by atoms with Crippen molar-refractivity contribution in [1.82, 2.24) is 0 Å². The fourth-order valence-electron chi connectivity index (χ4n) is 1.47. The van der Waals surface area contributed by atoms with Gasteiger partial charge in [-0.15, -0.1) is 0 Å². The van der Waals surface area contributed by atoms with Crippen molar-refractivity contribution < 1.29 is 10.2 Å². The molecule has 0 fully saturated rings. The van der Waals surface area contributed by atoms with E-state index in [-0.39, 0.29) is 12.7 Å². The minimum Gasteiger partial charge on any atom is -0.396 e. The van der Waals surface area contributed by atoms with Crippen molar-refractivity contribution in [2.75, 3.05) is 6.61 Å². The predicted molar refractivity (Wildman–Crippen MR) is 44.3 cm³/mol. The summed E-state index contributed by atoms with van der Waals surface area (Å²) >= 11 is 0. The van der Waals surface area contributed by atoms with Gasteiger partial charge in [0.15, 0.2) is 0 Å². The van der Waals surface area contributed by atoms with Gasteiger partial charge >= 0.3 is 0 Å². The molecule has 1 rings (SSSR count). The summed E-state index contributed by atoms with van der Waals surface area (Å²) in [7, 11) is 0. The third-order valence-corrected chi connectivity index (χ3v) is 2.14. The summed E-state index contributed by atoms with van der Waals surface area (Å²) < 4.78 is 0. The maximum Gasteiger partial charge on any atom is 0.0750 e. The van der Waals surface area contributed by atoms with Crippen LogP contribution in [-0.4, -0.2) is 22.9 Å². The van der Waals surface area contributed by atoms with Gasteiger partial charge in [-0.25, -0.2) is 0 Å². The van der Waals surface area contributed by atoms with Crippen LogP contribution >= 0.6 is 0 Å². The topological polar surface area (TPSA) is 40.5 Å². The quantitative estimate of drug-likeness (QED) is 0.603. The summed E-state index contributed by atoms with van der Waals surface area (Å²) in [5.41, 5.74) is 1.13. The van der Waals surface area contributed by atoms with Crippen LogP contribution in [0.25, 0.3) is 0 Å². The Bertz CT molecular complexity index is 140. The lowest BCUT2D eigenvalue weighted by Gasteiger charge is -2.18. The first-order valence-corrected chi connectivity index (χ1v) is 4.32. The molecular formula is C9H16O2. The van der Waals surface area contributed by atoms with Crippen LogP contribution in [0.15, 0.2) is 11.6 Å². The zero-order chi connectivity index (χ0) is 8.10. The van der Waals surface area contributed by atoms with Gasteiger partial charge in [0.05, 0.1) is 6.10 Å². The Balaban J connectivity index is 2.34. The summed E-state index contributed by atoms with van der Waals surface area (Å²) in [6, 6.07) is 0. The van der Waals surface area contributed by atoms with Crippen LogP contribution in [0.5, 0.6) is 0 Å². The molecule has 0 unspecified atom stereocenters. The fraction of sp³-hybridized carbons (Fsp3) is 0.778. The molecule has 0 aromatic heterocycles. The van der Waals surface area contributed by atoms with Crippen molar-refractivity contribution in [2.45, 2.75) is 38.2 Å². The monoisotopic (exact) mass is 156 g/mol. The van der Waals surface area contributed by atoms with Gasteiger partial charge in [-0.2, -0.15) is 0 Å². The predicted octanol–water partition coefficient (Wildman–Crippen LogP) is 1.23. The highest BCUT2D eigenvalue weighted by Crippen LogP contribution is 2.21. The van der Waals surface area contributed by atoms with Crippen LogP contribution in [0.4, 0.5) is 0 Å². The van der Waals surface area contributed by atoms with E-state index >= 15 is 0 Å². The summed E-state index contributed by atoms with van der Waals surface area (Å²) in [4.78, 5) is 0. The van der Waals surface area contributed by atoms with Crippen molar-refractivity contribution in [2.24, 2.45) is 0 Å². The lowest BCUT2D eigenvalue weighted by atomic mass is 9.93. The first-order chi connectivity index (χ1) is 5.34. The second-order valence-electron chi connectivity index (χ2n) is 3.05. The van der Waals surface area contributed by atoms with E-state index in [1.165, 1.54) is 0 Å². The van der Waals surface area contributed by atoms with Crippen LogP contribution in [0.1, 0.15) is 32.1 Å². The van der Waals surface area contributed by atoms with Crippen LogP contribution in [-0.2, 0) is 0 Å². The summed E-state index contributed by atoms with van der Waals surface area (Å²) in [6.45, 7) is 0.226. The van der Waals surface area contributed by atoms with Gasteiger partial charge in [0.25, 0.3) is 0 Å². The van der Waals surface area contributed by atoms with E-state index in [0.717, 1.165) is 37.7 Å². The molecule has 1 aliphatic carbocycles. The molecule has 64 valence electrons. The van der Waals surface area contributed by atoms with Crippen LogP contribution in [0, 0.1) is 0 Å². The number of rotatable bonds is 3. The molecule has 2 N–H and O–H groups in total. The van der Waals surface area contributed by atoms with Gasteiger partial charge in [-0.05, 0) is 37.7 Å². The minimum absolute atomic E-state index is 0.226. The Hall–Kier alpha value is -0.340. The Morgan fingerprint density at radius 1 is 1.55 bits per heavy atom. The first-order valence-electron chi connectivity index (χ1n) is 4.32. The summed E-state index contributed by atoms with van der Waals surface area (Å²) in [5.74, 6) is 0. The average molecular weight is 156 g/mol. The highest BCUT2D eigenvalue weighted by Gasteiger charge is 2.13. The highest BCUT2D eigenvalue weighted by molar-refractivity contribution is 5.10. The number of aliphatic hydroxyl groups is 2.